The van der Waals surface area contributed by atoms with Crippen LogP contribution in [-0.4, -0.2) is 25.5 Å². The number of nitrogens with zero attached hydrogens (tertiary/aromatic N) is 1. The minimum absolute atomic E-state index is 0.316. The Balaban J connectivity index is 0.000000956. The Morgan fingerprint density at radius 2 is 2.05 bits per heavy atom. The number of hydrogen-bond donors (Lipinski definition) is 1. The molecule has 1 heterocycles. The van der Waals surface area contributed by atoms with E-state index < -0.39 is 0 Å². The van der Waals surface area contributed by atoms with E-state index in [0.717, 1.165) is 38.0 Å². The third-order valence-electron chi connectivity index (χ3n) is 3.86. The topological polar surface area (TPSA) is 32.3 Å². The van der Waals surface area contributed by atoms with Crippen molar-refractivity contribution in [3.8, 4) is 0 Å². The lowest BCUT2D eigenvalue weighted by molar-refractivity contribution is -0.108. The van der Waals surface area contributed by atoms with E-state index in [1.165, 1.54) is 5.56 Å². The van der Waals surface area contributed by atoms with E-state index in [-0.39, 0.29) is 0 Å². The van der Waals surface area contributed by atoms with E-state index in [1.54, 1.807) is 0 Å². The first-order chi connectivity index (χ1) is 9.77. The molecular formula is C17H28N2O. The minimum atomic E-state index is 0.316. The summed E-state index contributed by atoms with van der Waals surface area (Å²) in [5.41, 5.74) is 2.32. The molecule has 3 nitrogen and oxygen atoms in total. The van der Waals surface area contributed by atoms with E-state index in [1.807, 2.05) is 30.9 Å². The van der Waals surface area contributed by atoms with Crippen molar-refractivity contribution in [1.82, 2.24) is 5.32 Å². The van der Waals surface area contributed by atoms with Gasteiger partial charge in [0.2, 0.25) is 6.41 Å². The van der Waals surface area contributed by atoms with Crippen LogP contribution in [0.25, 0.3) is 0 Å². The van der Waals surface area contributed by atoms with Crippen LogP contribution in [0.4, 0.5) is 5.69 Å². The van der Waals surface area contributed by atoms with Crippen molar-refractivity contribution in [2.75, 3.05) is 18.0 Å². The number of carbonyl (C=O) groups excluding carboxylic acids is 1. The van der Waals surface area contributed by atoms with E-state index in [2.05, 4.69) is 31.3 Å². The fourth-order valence-corrected chi connectivity index (χ4v) is 2.79. The van der Waals surface area contributed by atoms with Crippen molar-refractivity contribution in [2.45, 2.75) is 46.6 Å². The van der Waals surface area contributed by atoms with Gasteiger partial charge in [0.15, 0.2) is 0 Å². The number of amides is 1. The predicted octanol–water partition coefficient (Wildman–Crippen LogP) is 3.24. The average molecular weight is 276 g/mol. The molecule has 1 fully saturated rings. The Kier molecular flexibility index (Phi) is 7.31. The molecule has 1 amide bonds. The molecule has 0 radical (unpaired) electrons. The molecule has 112 valence electrons. The van der Waals surface area contributed by atoms with Gasteiger partial charge in [0.1, 0.15) is 0 Å². The maximum absolute atomic E-state index is 11.5. The number of rotatable bonds is 4. The van der Waals surface area contributed by atoms with Gasteiger partial charge in [-0.1, -0.05) is 45.9 Å². The van der Waals surface area contributed by atoms with E-state index in [9.17, 15) is 4.79 Å². The van der Waals surface area contributed by atoms with Crippen molar-refractivity contribution in [2.24, 2.45) is 5.92 Å². The first-order valence-electron chi connectivity index (χ1n) is 7.80. The summed E-state index contributed by atoms with van der Waals surface area (Å²) in [7, 11) is 0. The molecule has 0 bridgehead atoms. The molecule has 0 aliphatic carbocycles. The lowest BCUT2D eigenvalue weighted by Crippen LogP contribution is -2.48. The minimum Gasteiger partial charge on any atom is -0.316 e. The van der Waals surface area contributed by atoms with Crippen molar-refractivity contribution in [3.05, 3.63) is 29.8 Å². The number of anilines is 1. The number of nitrogens with one attached hydrogen (secondary N) is 1. The fourth-order valence-electron chi connectivity index (χ4n) is 2.79. The van der Waals surface area contributed by atoms with Crippen molar-refractivity contribution < 1.29 is 4.79 Å². The van der Waals surface area contributed by atoms with Crippen LogP contribution in [0.1, 0.15) is 39.7 Å². The maximum atomic E-state index is 11.5. The molecule has 2 atom stereocenters. The van der Waals surface area contributed by atoms with Gasteiger partial charge in [0.05, 0.1) is 0 Å². The van der Waals surface area contributed by atoms with E-state index in [4.69, 9.17) is 0 Å². The molecule has 1 N–H and O–H groups in total. The first kappa shape index (κ1) is 16.7. The summed E-state index contributed by atoms with van der Waals surface area (Å²) in [4.78, 5) is 13.5. The second kappa shape index (κ2) is 8.75. The first-order valence-corrected chi connectivity index (χ1v) is 7.80. The Morgan fingerprint density at radius 1 is 1.35 bits per heavy atom. The molecule has 20 heavy (non-hydrogen) atoms. The number of para-hydroxylation sites is 1. The zero-order chi connectivity index (χ0) is 15.0. The van der Waals surface area contributed by atoms with Crippen molar-refractivity contribution in [3.63, 3.8) is 0 Å². The van der Waals surface area contributed by atoms with Gasteiger partial charge in [-0.15, -0.1) is 0 Å². The maximum Gasteiger partial charge on any atom is 0.214 e. The Hall–Kier alpha value is -1.35. The normalized spacial score (nSPS) is 21.6. The lowest BCUT2D eigenvalue weighted by Gasteiger charge is -2.37. The van der Waals surface area contributed by atoms with Crippen LogP contribution in [0.2, 0.25) is 0 Å². The molecule has 1 aromatic rings. The zero-order valence-electron chi connectivity index (χ0n) is 13.2. The second-order valence-corrected chi connectivity index (χ2v) is 5.03. The van der Waals surface area contributed by atoms with Crippen LogP contribution in [-0.2, 0) is 11.2 Å². The SMILES string of the molecule is CC.CCc1ccccc1N(C=O)[C@@H]1CCNC[C@H]1C. The van der Waals surface area contributed by atoms with Gasteiger partial charge in [0.25, 0.3) is 0 Å². The number of benzene rings is 1. The van der Waals surface area contributed by atoms with Crippen molar-refractivity contribution in [1.29, 1.82) is 0 Å². The number of hydrogen-bond acceptors (Lipinski definition) is 2. The Labute approximate surface area is 123 Å². The molecule has 0 unspecified atom stereocenters. The van der Waals surface area contributed by atoms with Gasteiger partial charge in [-0.3, -0.25) is 4.79 Å². The molecule has 0 spiro atoms. The highest BCUT2D eigenvalue weighted by molar-refractivity contribution is 5.78. The largest absolute Gasteiger partial charge is 0.316 e. The van der Waals surface area contributed by atoms with E-state index >= 15 is 0 Å². The number of aryl methyl sites for hydroxylation is 1. The van der Waals surface area contributed by atoms with Gasteiger partial charge < -0.3 is 10.2 Å². The molecule has 2 rings (SSSR count). The number of piperidine rings is 1. The average Bonchev–Trinajstić information content (AvgIpc) is 2.52. The summed E-state index contributed by atoms with van der Waals surface area (Å²) < 4.78 is 0. The highest BCUT2D eigenvalue weighted by Crippen LogP contribution is 2.26. The van der Waals surface area contributed by atoms with Gasteiger partial charge >= 0.3 is 0 Å². The number of carbonyl (C=O) groups is 1. The van der Waals surface area contributed by atoms with Crippen LogP contribution in [0, 0.1) is 5.92 Å². The van der Waals surface area contributed by atoms with Gasteiger partial charge in [-0.25, -0.2) is 0 Å². The summed E-state index contributed by atoms with van der Waals surface area (Å²) in [5.74, 6) is 0.494. The molecule has 3 heteroatoms. The van der Waals surface area contributed by atoms with Gasteiger partial charge in [-0.2, -0.15) is 0 Å². The lowest BCUT2D eigenvalue weighted by atomic mass is 9.93. The summed E-state index contributed by atoms with van der Waals surface area (Å²) in [5, 5.41) is 3.38. The zero-order valence-corrected chi connectivity index (χ0v) is 13.2. The van der Waals surface area contributed by atoms with Crippen LogP contribution < -0.4 is 10.2 Å². The Bertz CT molecular complexity index is 406. The van der Waals surface area contributed by atoms with E-state index in [0.29, 0.717) is 12.0 Å². The molecule has 0 saturated carbocycles. The highest BCUT2D eigenvalue weighted by atomic mass is 16.1. The molecule has 1 aromatic carbocycles. The van der Waals surface area contributed by atoms with Crippen LogP contribution in [0.3, 0.4) is 0 Å². The van der Waals surface area contributed by atoms with Crippen molar-refractivity contribution >= 4 is 12.1 Å². The summed E-state index contributed by atoms with van der Waals surface area (Å²) >= 11 is 0. The smallest absolute Gasteiger partial charge is 0.214 e. The predicted molar refractivity (Wildman–Crippen MR) is 86.1 cm³/mol. The standard InChI is InChI=1S/C15H22N2O.C2H6/c1-3-13-6-4-5-7-15(13)17(11-18)14-8-9-16-10-12(14)2;1-2/h4-7,11-12,14,16H,3,8-10H2,1-2H3;1-2H3/t12-,14-;/m1./s1. The van der Waals surface area contributed by atoms with Gasteiger partial charge in [0, 0.05) is 11.7 Å². The molecule has 1 aliphatic rings. The molecule has 1 saturated heterocycles. The van der Waals surface area contributed by atoms with Crippen LogP contribution in [0.15, 0.2) is 24.3 Å². The summed E-state index contributed by atoms with van der Waals surface area (Å²) in [6.07, 6.45) is 2.98. The quantitative estimate of drug-likeness (QED) is 0.856. The fraction of sp³-hybridized carbons (Fsp3) is 0.588. The van der Waals surface area contributed by atoms with Crippen LogP contribution >= 0.6 is 0 Å². The highest BCUT2D eigenvalue weighted by Gasteiger charge is 2.27. The van der Waals surface area contributed by atoms with Crippen LogP contribution in [0.5, 0.6) is 0 Å². The molecule has 1 aliphatic heterocycles. The molecule has 0 aromatic heterocycles. The second-order valence-electron chi connectivity index (χ2n) is 5.03. The third kappa shape index (κ3) is 3.83. The third-order valence-corrected chi connectivity index (χ3v) is 3.86. The van der Waals surface area contributed by atoms with Gasteiger partial charge in [-0.05, 0) is 43.5 Å². The monoisotopic (exact) mass is 276 g/mol. The summed E-state index contributed by atoms with van der Waals surface area (Å²) in [6.45, 7) is 10.3. The molecular weight excluding hydrogens is 248 g/mol. The summed E-state index contributed by atoms with van der Waals surface area (Å²) in [6, 6.07) is 8.53. The Morgan fingerprint density at radius 3 is 2.65 bits per heavy atom.